The van der Waals surface area contributed by atoms with Crippen molar-refractivity contribution in [3.8, 4) is 0 Å². The fourth-order valence-corrected chi connectivity index (χ4v) is 5.32. The van der Waals surface area contributed by atoms with Crippen LogP contribution >= 0.6 is 0 Å². The molecule has 2 aliphatic rings. The predicted molar refractivity (Wildman–Crippen MR) is 110 cm³/mol. The number of amides is 1. The fraction of sp³-hybridized carbons (Fsp3) is 0.391. The van der Waals surface area contributed by atoms with Gasteiger partial charge in [0.1, 0.15) is 5.69 Å². The average molecular weight is 374 g/mol. The number of hydrogen-bond donors (Lipinski definition) is 2. The first-order valence-electron chi connectivity index (χ1n) is 10.2. The second kappa shape index (κ2) is 6.45. The Kier molecular flexibility index (Phi) is 4.02. The lowest BCUT2D eigenvalue weighted by molar-refractivity contribution is 0.0631. The van der Waals surface area contributed by atoms with Crippen LogP contribution < -0.4 is 5.32 Å². The van der Waals surface area contributed by atoms with Crippen LogP contribution in [0, 0.1) is 0 Å². The Morgan fingerprint density at radius 3 is 2.86 bits per heavy atom. The number of carbonyl (C=O) groups excluding carboxylic acids is 1. The van der Waals surface area contributed by atoms with Gasteiger partial charge >= 0.3 is 0 Å². The number of H-pyrrole nitrogens is 1. The number of likely N-dealkylation sites (N-methyl/N-ethyl adjacent to an activating group) is 1. The van der Waals surface area contributed by atoms with E-state index in [1.54, 1.807) is 6.20 Å². The molecule has 0 radical (unpaired) electrons. The number of rotatable bonds is 6. The molecule has 2 fully saturated rings. The predicted octanol–water partition coefficient (Wildman–Crippen LogP) is 3.88. The minimum absolute atomic E-state index is 0.0543. The minimum Gasteiger partial charge on any atom is -0.349 e. The van der Waals surface area contributed by atoms with Gasteiger partial charge in [0.2, 0.25) is 0 Å². The van der Waals surface area contributed by atoms with Gasteiger partial charge in [0.25, 0.3) is 5.91 Å². The summed E-state index contributed by atoms with van der Waals surface area (Å²) in [6.45, 7) is 3.66. The van der Waals surface area contributed by atoms with Gasteiger partial charge < -0.3 is 15.2 Å². The lowest BCUT2D eigenvalue weighted by atomic mass is 10.1. The zero-order valence-corrected chi connectivity index (χ0v) is 16.2. The van der Waals surface area contributed by atoms with Gasteiger partial charge in [-0.25, -0.2) is 0 Å². The Balaban J connectivity index is 1.39. The van der Waals surface area contributed by atoms with Crippen LogP contribution in [0.4, 0.5) is 0 Å². The van der Waals surface area contributed by atoms with E-state index in [-0.39, 0.29) is 17.0 Å². The van der Waals surface area contributed by atoms with E-state index in [1.807, 2.05) is 24.3 Å². The topological polar surface area (TPSA) is 61.0 Å². The van der Waals surface area contributed by atoms with E-state index >= 15 is 0 Å². The number of fused-ring (bicyclic) bond motifs is 2. The summed E-state index contributed by atoms with van der Waals surface area (Å²) in [4.78, 5) is 23.1. The molecule has 0 saturated heterocycles. The van der Waals surface area contributed by atoms with E-state index in [0.717, 1.165) is 43.4 Å². The van der Waals surface area contributed by atoms with Crippen LogP contribution in [0.3, 0.4) is 0 Å². The Hall–Kier alpha value is -2.66. The number of nitrogens with zero attached hydrogens (tertiary/aromatic N) is 2. The highest BCUT2D eigenvalue weighted by Crippen LogP contribution is 2.63. The van der Waals surface area contributed by atoms with E-state index in [1.165, 1.54) is 12.0 Å². The summed E-state index contributed by atoms with van der Waals surface area (Å²) in [5, 5.41) is 3.82. The molecule has 0 aliphatic heterocycles. The molecule has 0 unspecified atom stereocenters. The Morgan fingerprint density at radius 1 is 1.21 bits per heavy atom. The first-order valence-corrected chi connectivity index (χ1v) is 10.2. The molecule has 0 bridgehead atoms. The summed E-state index contributed by atoms with van der Waals surface area (Å²) < 4.78 is 0. The number of nitrogens with one attached hydrogen (secondary N) is 2. The molecule has 2 heterocycles. The summed E-state index contributed by atoms with van der Waals surface area (Å²) in [5.41, 5.74) is 3.68. The van der Waals surface area contributed by atoms with Crippen LogP contribution in [-0.2, 0) is 6.54 Å². The summed E-state index contributed by atoms with van der Waals surface area (Å²) in [7, 11) is 0. The second-order valence-electron chi connectivity index (χ2n) is 8.15. The van der Waals surface area contributed by atoms with E-state index < -0.39 is 0 Å². The van der Waals surface area contributed by atoms with Gasteiger partial charge in [0, 0.05) is 24.8 Å². The standard InChI is InChI=1S/C23H26N4O/c1-2-27(21(28)20-14-19-18(26-20)10-6-13-24-19)23-12-7-11-22(23,16-23)25-15-17-8-4-3-5-9-17/h3-6,8-10,13-14,25-26H,2,7,11-12,15-16H2,1H3/t22-,23+/m0/s1. The Morgan fingerprint density at radius 2 is 2.07 bits per heavy atom. The van der Waals surface area contributed by atoms with Gasteiger partial charge in [-0.2, -0.15) is 0 Å². The van der Waals surface area contributed by atoms with Crippen molar-refractivity contribution in [2.45, 2.75) is 50.2 Å². The number of pyridine rings is 1. The monoisotopic (exact) mass is 374 g/mol. The Labute approximate surface area is 165 Å². The second-order valence-corrected chi connectivity index (χ2v) is 8.15. The summed E-state index contributed by atoms with van der Waals surface area (Å²) in [6.07, 6.45) is 6.19. The lowest BCUT2D eigenvalue weighted by Crippen LogP contribution is -2.49. The van der Waals surface area contributed by atoms with Crippen molar-refractivity contribution in [1.82, 2.24) is 20.2 Å². The highest BCUT2D eigenvalue weighted by Gasteiger charge is 2.73. The number of hydrogen-bond acceptors (Lipinski definition) is 3. The van der Waals surface area contributed by atoms with Crippen LogP contribution in [0.2, 0.25) is 0 Å². The van der Waals surface area contributed by atoms with E-state index in [9.17, 15) is 4.79 Å². The smallest absolute Gasteiger partial charge is 0.270 e. The molecule has 144 valence electrons. The molecule has 2 saturated carbocycles. The molecule has 1 aromatic carbocycles. The van der Waals surface area contributed by atoms with E-state index in [2.05, 4.69) is 51.4 Å². The maximum absolute atomic E-state index is 13.4. The van der Waals surface area contributed by atoms with Gasteiger partial charge in [-0.15, -0.1) is 0 Å². The van der Waals surface area contributed by atoms with Crippen LogP contribution in [0.1, 0.15) is 48.7 Å². The molecular formula is C23H26N4O. The van der Waals surface area contributed by atoms with Crippen molar-refractivity contribution in [3.63, 3.8) is 0 Å². The molecule has 28 heavy (non-hydrogen) atoms. The SMILES string of the molecule is CCN(C(=O)c1cc2ncccc2[nH]1)[C@@]12CCC[C@]1(NCc1ccccc1)C2. The van der Waals surface area contributed by atoms with Gasteiger partial charge in [0.15, 0.2) is 0 Å². The zero-order valence-electron chi connectivity index (χ0n) is 16.2. The fourth-order valence-electron chi connectivity index (χ4n) is 5.32. The van der Waals surface area contributed by atoms with Gasteiger partial charge in [-0.1, -0.05) is 30.3 Å². The van der Waals surface area contributed by atoms with Crippen molar-refractivity contribution in [1.29, 1.82) is 0 Å². The summed E-state index contributed by atoms with van der Waals surface area (Å²) >= 11 is 0. The molecule has 2 atom stereocenters. The largest absolute Gasteiger partial charge is 0.349 e. The molecule has 5 heteroatoms. The van der Waals surface area contributed by atoms with Crippen molar-refractivity contribution in [3.05, 3.63) is 66.0 Å². The summed E-state index contributed by atoms with van der Waals surface area (Å²) in [6, 6.07) is 16.3. The summed E-state index contributed by atoms with van der Waals surface area (Å²) in [5.74, 6) is 0.0887. The molecule has 2 aromatic heterocycles. The third-order valence-corrected chi connectivity index (χ3v) is 6.73. The number of aromatic amines is 1. The molecule has 1 amide bonds. The lowest BCUT2D eigenvalue weighted by Gasteiger charge is -2.32. The van der Waals surface area contributed by atoms with Gasteiger partial charge in [-0.05, 0) is 56.4 Å². The van der Waals surface area contributed by atoms with Crippen LogP contribution in [-0.4, -0.2) is 38.4 Å². The minimum atomic E-state index is -0.0572. The highest BCUT2D eigenvalue weighted by molar-refractivity contribution is 5.98. The van der Waals surface area contributed by atoms with E-state index in [4.69, 9.17) is 0 Å². The van der Waals surface area contributed by atoms with Crippen molar-refractivity contribution < 1.29 is 4.79 Å². The third-order valence-electron chi connectivity index (χ3n) is 6.73. The molecular weight excluding hydrogens is 348 g/mol. The molecule has 5 rings (SSSR count). The maximum atomic E-state index is 13.4. The van der Waals surface area contributed by atoms with Crippen molar-refractivity contribution >= 4 is 16.9 Å². The number of aromatic nitrogens is 2. The highest BCUT2D eigenvalue weighted by atomic mass is 16.2. The zero-order chi connectivity index (χ0) is 19.2. The van der Waals surface area contributed by atoms with Crippen LogP contribution in [0.15, 0.2) is 54.7 Å². The molecule has 3 aromatic rings. The molecule has 2 N–H and O–H groups in total. The van der Waals surface area contributed by atoms with Crippen LogP contribution in [0.5, 0.6) is 0 Å². The molecule has 0 spiro atoms. The first-order chi connectivity index (χ1) is 13.7. The van der Waals surface area contributed by atoms with Gasteiger partial charge in [0.05, 0.1) is 16.6 Å². The average Bonchev–Trinajstić information content (AvgIpc) is 3.04. The quantitative estimate of drug-likeness (QED) is 0.688. The van der Waals surface area contributed by atoms with Gasteiger partial charge in [-0.3, -0.25) is 9.78 Å². The normalized spacial score (nSPS) is 25.6. The van der Waals surface area contributed by atoms with Crippen molar-refractivity contribution in [2.75, 3.05) is 6.54 Å². The van der Waals surface area contributed by atoms with Crippen molar-refractivity contribution in [2.24, 2.45) is 0 Å². The number of carbonyl (C=O) groups is 1. The number of benzene rings is 1. The maximum Gasteiger partial charge on any atom is 0.270 e. The van der Waals surface area contributed by atoms with E-state index in [0.29, 0.717) is 5.69 Å². The van der Waals surface area contributed by atoms with Crippen LogP contribution in [0.25, 0.3) is 11.0 Å². The molecule has 2 aliphatic carbocycles. The molecule has 5 nitrogen and oxygen atoms in total. The third kappa shape index (κ3) is 2.57. The Bertz CT molecular complexity index is 981. The first kappa shape index (κ1) is 17.4.